The number of methoxy groups -OCH3 is 1. The number of aromatic amines is 1. The van der Waals surface area contributed by atoms with E-state index >= 15 is 0 Å². The van der Waals surface area contributed by atoms with Crippen molar-refractivity contribution in [3.8, 4) is 0 Å². The molecule has 0 bridgehead atoms. The van der Waals surface area contributed by atoms with E-state index in [-0.39, 0.29) is 5.91 Å². The molecule has 0 aliphatic rings. The van der Waals surface area contributed by atoms with E-state index in [9.17, 15) is 9.59 Å². The molecule has 3 rings (SSSR count). The van der Waals surface area contributed by atoms with Crippen molar-refractivity contribution in [1.29, 1.82) is 0 Å². The summed E-state index contributed by atoms with van der Waals surface area (Å²) in [4.78, 5) is 27.9. The van der Waals surface area contributed by atoms with E-state index in [0.717, 1.165) is 16.5 Å². The van der Waals surface area contributed by atoms with Gasteiger partial charge in [0.25, 0.3) is 5.91 Å². The summed E-state index contributed by atoms with van der Waals surface area (Å²) < 4.78 is 5.53. The Morgan fingerprint density at radius 2 is 1.88 bits per heavy atom. The smallest absolute Gasteiger partial charge is 0.328 e. The van der Waals surface area contributed by atoms with E-state index in [1.54, 1.807) is 18.2 Å². The first-order valence-corrected chi connectivity index (χ1v) is 8.57. The predicted octanol–water partition coefficient (Wildman–Crippen LogP) is 3.44. The Balaban J connectivity index is 1.84. The third-order valence-electron chi connectivity index (χ3n) is 4.01. The molecule has 0 aliphatic carbocycles. The molecule has 0 fully saturated rings. The number of para-hydroxylation sites is 1. The maximum Gasteiger partial charge on any atom is 0.328 e. The van der Waals surface area contributed by atoms with Crippen LogP contribution in [0.5, 0.6) is 0 Å². The summed E-state index contributed by atoms with van der Waals surface area (Å²) >= 11 is 3.35. The lowest BCUT2D eigenvalue weighted by atomic mass is 10.0. The second-order valence-electron chi connectivity index (χ2n) is 5.59. The van der Waals surface area contributed by atoms with Crippen molar-refractivity contribution in [2.24, 2.45) is 0 Å². The molecule has 2 aromatic carbocycles. The van der Waals surface area contributed by atoms with Gasteiger partial charge in [0.05, 0.1) is 12.7 Å². The van der Waals surface area contributed by atoms with Crippen LogP contribution in [0.3, 0.4) is 0 Å². The number of halogens is 1. The normalized spacial score (nSPS) is 11.9. The van der Waals surface area contributed by atoms with Crippen molar-refractivity contribution in [2.75, 3.05) is 7.11 Å². The van der Waals surface area contributed by atoms with Crippen LogP contribution in [0.4, 0.5) is 0 Å². The van der Waals surface area contributed by atoms with Crippen LogP contribution in [-0.4, -0.2) is 30.0 Å². The van der Waals surface area contributed by atoms with Gasteiger partial charge in [-0.1, -0.05) is 30.3 Å². The van der Waals surface area contributed by atoms with Gasteiger partial charge < -0.3 is 15.0 Å². The highest BCUT2D eigenvalue weighted by molar-refractivity contribution is 9.10. The number of nitrogens with one attached hydrogen (secondary N) is 2. The van der Waals surface area contributed by atoms with Crippen LogP contribution in [-0.2, 0) is 16.0 Å². The lowest BCUT2D eigenvalue weighted by Gasteiger charge is -2.17. The van der Waals surface area contributed by atoms with Gasteiger partial charge >= 0.3 is 5.97 Å². The highest BCUT2D eigenvalue weighted by Crippen LogP contribution is 2.20. The lowest BCUT2D eigenvalue weighted by Crippen LogP contribution is -2.43. The molecular formula is C19H17BrN2O3. The topological polar surface area (TPSA) is 71.2 Å². The highest BCUT2D eigenvalue weighted by atomic mass is 79.9. The number of hydrogen-bond donors (Lipinski definition) is 2. The number of amides is 1. The first-order chi connectivity index (χ1) is 12.1. The number of hydrogen-bond acceptors (Lipinski definition) is 3. The van der Waals surface area contributed by atoms with E-state index in [1.807, 2.05) is 36.5 Å². The first kappa shape index (κ1) is 17.2. The van der Waals surface area contributed by atoms with Gasteiger partial charge in [-0.15, -0.1) is 0 Å². The van der Waals surface area contributed by atoms with Gasteiger partial charge in [0.2, 0.25) is 0 Å². The van der Waals surface area contributed by atoms with Gasteiger partial charge in [0.15, 0.2) is 0 Å². The molecule has 0 spiro atoms. The number of carbonyl (C=O) groups excluding carboxylic acids is 2. The SMILES string of the molecule is COC(=O)[C@@H](Cc1c[nH]c2ccccc12)NC(=O)c1ccccc1Br. The second-order valence-corrected chi connectivity index (χ2v) is 6.45. The molecule has 1 heterocycles. The molecule has 128 valence electrons. The fourth-order valence-corrected chi connectivity index (χ4v) is 3.20. The zero-order chi connectivity index (χ0) is 17.8. The van der Waals surface area contributed by atoms with Gasteiger partial charge in [-0.25, -0.2) is 4.79 Å². The molecule has 0 unspecified atom stereocenters. The maximum absolute atomic E-state index is 12.5. The van der Waals surface area contributed by atoms with E-state index < -0.39 is 12.0 Å². The molecule has 6 heteroatoms. The number of carbonyl (C=O) groups is 2. The number of benzene rings is 2. The van der Waals surface area contributed by atoms with Crippen LogP contribution in [0.2, 0.25) is 0 Å². The minimum atomic E-state index is -0.774. The molecule has 2 N–H and O–H groups in total. The monoisotopic (exact) mass is 400 g/mol. The molecule has 0 saturated carbocycles. The Morgan fingerprint density at radius 1 is 1.16 bits per heavy atom. The third kappa shape index (κ3) is 3.74. The van der Waals surface area contributed by atoms with Crippen LogP contribution in [0.1, 0.15) is 15.9 Å². The van der Waals surface area contributed by atoms with E-state index in [0.29, 0.717) is 16.5 Å². The lowest BCUT2D eigenvalue weighted by molar-refractivity contribution is -0.142. The Labute approximate surface area is 153 Å². The minimum Gasteiger partial charge on any atom is -0.467 e. The molecule has 1 amide bonds. The van der Waals surface area contributed by atoms with Gasteiger partial charge in [-0.3, -0.25) is 4.79 Å². The number of H-pyrrole nitrogens is 1. The maximum atomic E-state index is 12.5. The summed E-state index contributed by atoms with van der Waals surface area (Å²) in [6.07, 6.45) is 2.19. The standard InChI is InChI=1S/C19H17BrN2O3/c1-25-19(24)17(22-18(23)14-7-2-4-8-15(14)20)10-12-11-21-16-9-5-3-6-13(12)16/h2-9,11,17,21H,10H2,1H3,(H,22,23)/t17-/m1/s1. The first-order valence-electron chi connectivity index (χ1n) is 7.78. The summed E-state index contributed by atoms with van der Waals surface area (Å²) in [6.45, 7) is 0. The molecule has 0 aliphatic heterocycles. The predicted molar refractivity (Wildman–Crippen MR) is 99.4 cm³/mol. The van der Waals surface area contributed by atoms with Gasteiger partial charge in [0.1, 0.15) is 6.04 Å². The summed E-state index contributed by atoms with van der Waals surface area (Å²) in [5.41, 5.74) is 2.40. The fourth-order valence-electron chi connectivity index (χ4n) is 2.74. The molecular weight excluding hydrogens is 384 g/mol. The zero-order valence-corrected chi connectivity index (χ0v) is 15.2. The van der Waals surface area contributed by atoms with E-state index in [4.69, 9.17) is 4.74 Å². The van der Waals surface area contributed by atoms with Crippen LogP contribution in [0.15, 0.2) is 59.2 Å². The van der Waals surface area contributed by atoms with Crippen molar-refractivity contribution >= 4 is 38.7 Å². The summed E-state index contributed by atoms with van der Waals surface area (Å²) in [5.74, 6) is -0.812. The van der Waals surface area contributed by atoms with Gasteiger partial charge in [-0.2, -0.15) is 0 Å². The molecule has 25 heavy (non-hydrogen) atoms. The Bertz CT molecular complexity index is 920. The largest absolute Gasteiger partial charge is 0.467 e. The number of esters is 1. The molecule has 3 aromatic rings. The Kier molecular flexibility index (Phi) is 5.19. The number of aromatic nitrogens is 1. The van der Waals surface area contributed by atoms with Crippen molar-refractivity contribution in [1.82, 2.24) is 10.3 Å². The summed E-state index contributed by atoms with van der Waals surface area (Å²) in [7, 11) is 1.31. The van der Waals surface area contributed by atoms with Crippen LogP contribution in [0.25, 0.3) is 10.9 Å². The van der Waals surface area contributed by atoms with Crippen LogP contribution < -0.4 is 5.32 Å². The zero-order valence-electron chi connectivity index (χ0n) is 13.6. The van der Waals surface area contributed by atoms with Crippen molar-refractivity contribution in [2.45, 2.75) is 12.5 Å². The van der Waals surface area contributed by atoms with Crippen molar-refractivity contribution < 1.29 is 14.3 Å². The van der Waals surface area contributed by atoms with Gasteiger partial charge in [-0.05, 0) is 39.7 Å². The fraction of sp³-hybridized carbons (Fsp3) is 0.158. The highest BCUT2D eigenvalue weighted by Gasteiger charge is 2.24. The van der Waals surface area contributed by atoms with E-state index in [1.165, 1.54) is 7.11 Å². The number of ether oxygens (including phenoxy) is 1. The average Bonchev–Trinajstić information content (AvgIpc) is 3.04. The molecule has 0 radical (unpaired) electrons. The minimum absolute atomic E-state index is 0.331. The Morgan fingerprint density at radius 3 is 2.64 bits per heavy atom. The quantitative estimate of drug-likeness (QED) is 0.644. The summed E-state index contributed by atoms with van der Waals surface area (Å²) in [5, 5.41) is 3.79. The Hall–Kier alpha value is -2.60. The average molecular weight is 401 g/mol. The van der Waals surface area contributed by atoms with Crippen LogP contribution >= 0.6 is 15.9 Å². The van der Waals surface area contributed by atoms with Gasteiger partial charge in [0, 0.05) is 28.0 Å². The molecule has 5 nitrogen and oxygen atoms in total. The van der Waals surface area contributed by atoms with E-state index in [2.05, 4.69) is 26.2 Å². The molecule has 1 atom stereocenters. The third-order valence-corrected chi connectivity index (χ3v) is 4.70. The van der Waals surface area contributed by atoms with Crippen LogP contribution in [0, 0.1) is 0 Å². The van der Waals surface area contributed by atoms with Crippen molar-refractivity contribution in [3.05, 3.63) is 70.3 Å². The van der Waals surface area contributed by atoms with Crippen molar-refractivity contribution in [3.63, 3.8) is 0 Å². The molecule has 0 saturated heterocycles. The molecule has 1 aromatic heterocycles. The number of fused-ring (bicyclic) bond motifs is 1. The number of rotatable bonds is 5. The second kappa shape index (κ2) is 7.53. The summed E-state index contributed by atoms with van der Waals surface area (Å²) in [6, 6.07) is 14.1.